The minimum absolute atomic E-state index is 0.259. The number of halogens is 1. The van der Waals surface area contributed by atoms with E-state index in [1.807, 2.05) is 13.0 Å². The standard InChI is InChI=1S/C15H23FN2O2/c1-10-5-11(7-12(16)6-10)8-13(9-17)18-14(19)20-15(2,3)4/h5-7,13H,8-9,17H2,1-4H3,(H,18,19). The summed E-state index contributed by atoms with van der Waals surface area (Å²) < 4.78 is 18.5. The molecule has 1 rings (SSSR count). The zero-order chi connectivity index (χ0) is 15.3. The van der Waals surface area contributed by atoms with Gasteiger partial charge >= 0.3 is 6.09 Å². The van der Waals surface area contributed by atoms with Crippen LogP contribution in [-0.4, -0.2) is 24.3 Å². The maximum absolute atomic E-state index is 13.3. The van der Waals surface area contributed by atoms with Gasteiger partial charge in [-0.25, -0.2) is 9.18 Å². The highest BCUT2D eigenvalue weighted by molar-refractivity contribution is 5.68. The Labute approximate surface area is 119 Å². The van der Waals surface area contributed by atoms with E-state index in [0.29, 0.717) is 6.42 Å². The van der Waals surface area contributed by atoms with Crippen molar-refractivity contribution in [2.45, 2.75) is 45.8 Å². The summed E-state index contributed by atoms with van der Waals surface area (Å²) in [4.78, 5) is 11.7. The van der Waals surface area contributed by atoms with Gasteiger partial charge in [0.2, 0.25) is 0 Å². The molecule has 4 nitrogen and oxygen atoms in total. The lowest BCUT2D eigenvalue weighted by Gasteiger charge is -2.23. The Morgan fingerprint density at radius 1 is 1.40 bits per heavy atom. The van der Waals surface area contributed by atoms with Gasteiger partial charge in [-0.2, -0.15) is 0 Å². The number of aryl methyl sites for hydroxylation is 1. The van der Waals surface area contributed by atoms with Crippen molar-refractivity contribution in [2.24, 2.45) is 5.73 Å². The second-order valence-electron chi connectivity index (χ2n) is 5.92. The molecule has 0 fully saturated rings. The molecule has 0 aliphatic rings. The van der Waals surface area contributed by atoms with Crippen molar-refractivity contribution in [1.29, 1.82) is 0 Å². The summed E-state index contributed by atoms with van der Waals surface area (Å²) in [6.07, 6.45) is -0.0463. The molecule has 1 aromatic rings. The molecule has 0 saturated carbocycles. The van der Waals surface area contributed by atoms with Gasteiger partial charge in [-0.1, -0.05) is 6.07 Å². The summed E-state index contributed by atoms with van der Waals surface area (Å²) in [6.45, 7) is 7.46. The lowest BCUT2D eigenvalue weighted by atomic mass is 10.0. The Morgan fingerprint density at radius 2 is 2.05 bits per heavy atom. The van der Waals surface area contributed by atoms with Crippen molar-refractivity contribution in [3.8, 4) is 0 Å². The Kier molecular flexibility index (Phi) is 5.51. The molecular formula is C15H23FN2O2. The van der Waals surface area contributed by atoms with E-state index in [2.05, 4.69) is 5.32 Å². The number of hydrogen-bond acceptors (Lipinski definition) is 3. The van der Waals surface area contributed by atoms with Gasteiger partial charge in [0.05, 0.1) is 0 Å². The molecule has 1 amide bonds. The Hall–Kier alpha value is -1.62. The molecule has 0 aliphatic heterocycles. The predicted octanol–water partition coefficient (Wildman–Crippen LogP) is 2.53. The number of benzene rings is 1. The molecule has 0 aliphatic carbocycles. The number of ether oxygens (including phenoxy) is 1. The number of alkyl carbamates (subject to hydrolysis) is 1. The molecule has 5 heteroatoms. The van der Waals surface area contributed by atoms with E-state index < -0.39 is 11.7 Å². The van der Waals surface area contributed by atoms with Gasteiger partial charge in [-0.3, -0.25) is 0 Å². The average Bonchev–Trinajstić information content (AvgIpc) is 2.23. The lowest BCUT2D eigenvalue weighted by Crippen LogP contribution is -2.44. The van der Waals surface area contributed by atoms with Gasteiger partial charge in [-0.05, 0) is 57.4 Å². The number of carbonyl (C=O) groups is 1. The van der Waals surface area contributed by atoms with Crippen molar-refractivity contribution in [2.75, 3.05) is 6.54 Å². The highest BCUT2D eigenvalue weighted by Crippen LogP contribution is 2.11. The van der Waals surface area contributed by atoms with Crippen LogP contribution >= 0.6 is 0 Å². The third-order valence-corrected chi connectivity index (χ3v) is 2.59. The summed E-state index contributed by atoms with van der Waals surface area (Å²) in [5.74, 6) is -0.284. The van der Waals surface area contributed by atoms with Crippen LogP contribution in [0.15, 0.2) is 18.2 Å². The molecule has 1 unspecified atom stereocenters. The molecule has 3 N–H and O–H groups in total. The molecule has 0 aromatic heterocycles. The van der Waals surface area contributed by atoms with Crippen LogP contribution < -0.4 is 11.1 Å². The van der Waals surface area contributed by atoms with Crippen molar-refractivity contribution in [1.82, 2.24) is 5.32 Å². The second-order valence-corrected chi connectivity index (χ2v) is 5.92. The number of nitrogens with two attached hydrogens (primary N) is 1. The van der Waals surface area contributed by atoms with Crippen LogP contribution in [0.3, 0.4) is 0 Å². The number of hydrogen-bond donors (Lipinski definition) is 2. The molecule has 0 spiro atoms. The highest BCUT2D eigenvalue weighted by Gasteiger charge is 2.19. The van der Waals surface area contributed by atoms with Gasteiger partial charge in [0.25, 0.3) is 0 Å². The van der Waals surface area contributed by atoms with Crippen molar-refractivity contribution >= 4 is 6.09 Å². The van der Waals surface area contributed by atoms with E-state index in [0.717, 1.165) is 11.1 Å². The van der Waals surface area contributed by atoms with Crippen molar-refractivity contribution in [3.05, 3.63) is 35.1 Å². The molecule has 0 bridgehead atoms. The van der Waals surface area contributed by atoms with E-state index in [4.69, 9.17) is 10.5 Å². The first-order valence-electron chi connectivity index (χ1n) is 6.65. The number of nitrogens with one attached hydrogen (secondary N) is 1. The quantitative estimate of drug-likeness (QED) is 0.892. The Balaban J connectivity index is 2.65. The van der Waals surface area contributed by atoms with Crippen LogP contribution in [0, 0.1) is 12.7 Å². The summed E-state index contributed by atoms with van der Waals surface area (Å²) in [6, 6.07) is 4.50. The molecular weight excluding hydrogens is 259 g/mol. The summed E-state index contributed by atoms with van der Waals surface area (Å²) in [5, 5.41) is 2.70. The summed E-state index contributed by atoms with van der Waals surface area (Å²) >= 11 is 0. The second kappa shape index (κ2) is 6.70. The van der Waals surface area contributed by atoms with E-state index >= 15 is 0 Å². The van der Waals surface area contributed by atoms with Crippen LogP contribution in [0.1, 0.15) is 31.9 Å². The zero-order valence-electron chi connectivity index (χ0n) is 12.5. The SMILES string of the molecule is Cc1cc(F)cc(CC(CN)NC(=O)OC(C)(C)C)c1. The molecule has 20 heavy (non-hydrogen) atoms. The number of rotatable bonds is 4. The monoisotopic (exact) mass is 282 g/mol. The van der Waals surface area contributed by atoms with Gasteiger partial charge < -0.3 is 15.8 Å². The van der Waals surface area contributed by atoms with Crippen molar-refractivity contribution in [3.63, 3.8) is 0 Å². The third kappa shape index (κ3) is 6.02. The largest absolute Gasteiger partial charge is 0.444 e. The molecule has 1 atom stereocenters. The minimum Gasteiger partial charge on any atom is -0.444 e. The molecule has 0 saturated heterocycles. The third-order valence-electron chi connectivity index (χ3n) is 2.59. The normalized spacial score (nSPS) is 12.9. The van der Waals surface area contributed by atoms with E-state index in [-0.39, 0.29) is 18.4 Å². The molecule has 1 aromatic carbocycles. The maximum Gasteiger partial charge on any atom is 0.407 e. The average molecular weight is 282 g/mol. The number of amides is 1. The Bertz CT molecular complexity index is 449. The summed E-state index contributed by atoms with van der Waals surface area (Å²) in [5.41, 5.74) is 6.73. The zero-order valence-corrected chi connectivity index (χ0v) is 12.5. The van der Waals surface area contributed by atoms with Crippen molar-refractivity contribution < 1.29 is 13.9 Å². The molecule has 0 radical (unpaired) electrons. The minimum atomic E-state index is -0.557. The topological polar surface area (TPSA) is 64.3 Å². The Morgan fingerprint density at radius 3 is 2.55 bits per heavy atom. The fourth-order valence-electron chi connectivity index (χ4n) is 1.88. The van der Waals surface area contributed by atoms with E-state index in [1.54, 1.807) is 20.8 Å². The predicted molar refractivity (Wildman–Crippen MR) is 77.1 cm³/mol. The summed E-state index contributed by atoms with van der Waals surface area (Å²) in [7, 11) is 0. The maximum atomic E-state index is 13.3. The molecule has 112 valence electrons. The lowest BCUT2D eigenvalue weighted by molar-refractivity contribution is 0.0506. The van der Waals surface area contributed by atoms with E-state index in [9.17, 15) is 9.18 Å². The van der Waals surface area contributed by atoms with Gasteiger partial charge in [0.1, 0.15) is 11.4 Å². The smallest absolute Gasteiger partial charge is 0.407 e. The van der Waals surface area contributed by atoms with Crippen LogP contribution in [0.5, 0.6) is 0 Å². The first-order chi connectivity index (χ1) is 9.19. The fraction of sp³-hybridized carbons (Fsp3) is 0.533. The first-order valence-corrected chi connectivity index (χ1v) is 6.65. The fourth-order valence-corrected chi connectivity index (χ4v) is 1.88. The first kappa shape index (κ1) is 16.4. The van der Waals surface area contributed by atoms with Gasteiger partial charge in [0, 0.05) is 12.6 Å². The van der Waals surface area contributed by atoms with E-state index in [1.165, 1.54) is 12.1 Å². The highest BCUT2D eigenvalue weighted by atomic mass is 19.1. The van der Waals surface area contributed by atoms with Crippen LogP contribution in [-0.2, 0) is 11.2 Å². The van der Waals surface area contributed by atoms with Crippen LogP contribution in [0.4, 0.5) is 9.18 Å². The van der Waals surface area contributed by atoms with Gasteiger partial charge in [0.15, 0.2) is 0 Å². The van der Waals surface area contributed by atoms with Gasteiger partial charge in [-0.15, -0.1) is 0 Å². The number of carbonyl (C=O) groups excluding carboxylic acids is 1. The molecule has 0 heterocycles. The van der Waals surface area contributed by atoms with Crippen LogP contribution in [0.2, 0.25) is 0 Å². The van der Waals surface area contributed by atoms with Crippen LogP contribution in [0.25, 0.3) is 0 Å².